The van der Waals surface area contributed by atoms with E-state index in [4.69, 9.17) is 10.8 Å². The van der Waals surface area contributed by atoms with Crippen LogP contribution in [-0.2, 0) is 6.54 Å². The Balaban J connectivity index is 2.05. The van der Waals surface area contributed by atoms with Crippen LogP contribution in [0.5, 0.6) is 0 Å². The van der Waals surface area contributed by atoms with Crippen LogP contribution >= 0.6 is 0 Å². The lowest BCUT2D eigenvalue weighted by atomic mass is 10.1. The maximum absolute atomic E-state index is 13.4. The number of aromatic amines is 1. The van der Waals surface area contributed by atoms with Gasteiger partial charge in [0.15, 0.2) is 0 Å². The molecule has 0 unspecified atom stereocenters. The first-order chi connectivity index (χ1) is 11.6. The number of benzene rings is 1. The molecule has 1 amide bonds. The Morgan fingerprint density at radius 1 is 1.33 bits per heavy atom. The van der Waals surface area contributed by atoms with Gasteiger partial charge in [0, 0.05) is 11.5 Å². The number of terminal acetylenes is 1. The number of hydrogen-bond donors (Lipinski definition) is 1. The van der Waals surface area contributed by atoms with Gasteiger partial charge >= 0.3 is 0 Å². The van der Waals surface area contributed by atoms with Crippen LogP contribution in [-0.4, -0.2) is 22.3 Å². The Hall–Kier alpha value is -3.33. The van der Waals surface area contributed by atoms with Crippen molar-refractivity contribution in [2.24, 2.45) is 0 Å². The van der Waals surface area contributed by atoms with Gasteiger partial charge in [0.2, 0.25) is 5.56 Å². The van der Waals surface area contributed by atoms with E-state index in [2.05, 4.69) is 10.9 Å². The number of rotatable bonds is 4. The van der Waals surface area contributed by atoms with E-state index in [9.17, 15) is 14.0 Å². The topological polar surface area (TPSA) is 66.3 Å². The molecule has 24 heavy (non-hydrogen) atoms. The molecule has 120 valence electrons. The lowest BCUT2D eigenvalue weighted by Crippen LogP contribution is -2.31. The summed E-state index contributed by atoms with van der Waals surface area (Å²) >= 11 is 0. The Bertz CT molecular complexity index is 984. The number of carbonyl (C=O) groups excluding carboxylic acids is 1. The highest BCUT2D eigenvalue weighted by Crippen LogP contribution is 2.19. The zero-order valence-electron chi connectivity index (χ0n) is 12.6. The molecule has 0 fully saturated rings. The molecule has 0 spiro atoms. The molecule has 2 heterocycles. The van der Waals surface area contributed by atoms with Crippen molar-refractivity contribution in [1.82, 2.24) is 9.88 Å². The third kappa shape index (κ3) is 3.06. The molecule has 0 saturated heterocycles. The van der Waals surface area contributed by atoms with Crippen molar-refractivity contribution in [2.75, 3.05) is 6.54 Å². The highest BCUT2D eigenvalue weighted by atomic mass is 19.1. The number of furan rings is 1. The van der Waals surface area contributed by atoms with Crippen LogP contribution in [0.25, 0.3) is 10.9 Å². The van der Waals surface area contributed by atoms with Crippen molar-refractivity contribution in [3.63, 3.8) is 0 Å². The smallest absolute Gasteiger partial charge is 0.255 e. The molecule has 0 radical (unpaired) electrons. The first kappa shape index (κ1) is 15.6. The van der Waals surface area contributed by atoms with Crippen molar-refractivity contribution >= 4 is 16.8 Å². The Kier molecular flexibility index (Phi) is 4.17. The van der Waals surface area contributed by atoms with Gasteiger partial charge in [0.05, 0.1) is 30.4 Å². The minimum absolute atomic E-state index is 0.0506. The molecule has 0 aliphatic heterocycles. The Labute approximate surface area is 136 Å². The summed E-state index contributed by atoms with van der Waals surface area (Å²) in [5.74, 6) is 2.06. The normalized spacial score (nSPS) is 10.5. The molecule has 3 aromatic rings. The zero-order chi connectivity index (χ0) is 17.1. The summed E-state index contributed by atoms with van der Waals surface area (Å²) in [7, 11) is 0. The number of nitrogens with one attached hydrogen (secondary N) is 1. The maximum Gasteiger partial charge on any atom is 0.255 e. The number of pyridine rings is 1. The van der Waals surface area contributed by atoms with Crippen molar-refractivity contribution in [1.29, 1.82) is 0 Å². The fourth-order valence-corrected chi connectivity index (χ4v) is 2.48. The van der Waals surface area contributed by atoms with Gasteiger partial charge < -0.3 is 14.3 Å². The molecular weight excluding hydrogens is 311 g/mol. The molecular formula is C18H13FN2O3. The average Bonchev–Trinajstić information content (AvgIpc) is 3.05. The fraction of sp³-hybridized carbons (Fsp3) is 0.111. The van der Waals surface area contributed by atoms with E-state index in [1.807, 2.05) is 0 Å². The molecule has 2 aromatic heterocycles. The number of amides is 1. The summed E-state index contributed by atoms with van der Waals surface area (Å²) in [6.45, 7) is 0.223. The quantitative estimate of drug-likeness (QED) is 0.750. The van der Waals surface area contributed by atoms with E-state index < -0.39 is 17.3 Å². The van der Waals surface area contributed by atoms with Crippen LogP contribution in [0.15, 0.2) is 51.9 Å². The predicted octanol–water partition coefficient (Wildman–Crippen LogP) is 2.54. The third-order valence-corrected chi connectivity index (χ3v) is 3.53. The van der Waals surface area contributed by atoms with Crippen molar-refractivity contribution in [3.05, 3.63) is 70.2 Å². The fourth-order valence-electron chi connectivity index (χ4n) is 2.48. The van der Waals surface area contributed by atoms with E-state index in [0.717, 1.165) is 0 Å². The number of aromatic nitrogens is 1. The number of hydrogen-bond acceptors (Lipinski definition) is 3. The molecule has 0 bridgehead atoms. The summed E-state index contributed by atoms with van der Waals surface area (Å²) in [6.07, 6.45) is 6.84. The second kappa shape index (κ2) is 6.42. The summed E-state index contributed by atoms with van der Waals surface area (Å²) < 4.78 is 18.6. The number of H-pyrrole nitrogens is 1. The number of nitrogens with zero attached hydrogens (tertiary/aromatic N) is 1. The summed E-state index contributed by atoms with van der Waals surface area (Å²) in [4.78, 5) is 28.6. The highest BCUT2D eigenvalue weighted by molar-refractivity contribution is 6.06. The lowest BCUT2D eigenvalue weighted by Gasteiger charge is -2.19. The molecule has 3 rings (SSSR count). The molecule has 0 aliphatic rings. The van der Waals surface area contributed by atoms with Crippen LogP contribution in [0.2, 0.25) is 0 Å². The van der Waals surface area contributed by atoms with Crippen molar-refractivity contribution < 1.29 is 13.6 Å². The van der Waals surface area contributed by atoms with Gasteiger partial charge in [-0.25, -0.2) is 4.39 Å². The SMILES string of the molecule is C#CCN(Cc1ccco1)C(=O)c1cc(=O)[nH]c2cc(F)ccc12. The number of halogens is 1. The van der Waals surface area contributed by atoms with Gasteiger partial charge in [0.1, 0.15) is 11.6 Å². The standard InChI is InChI=1S/C18H13FN2O3/c1-2-7-21(11-13-4-3-8-24-13)18(23)15-10-17(22)20-16-9-12(19)5-6-14(15)16/h1,3-6,8-10H,7,11H2,(H,20,22). The molecule has 1 N–H and O–H groups in total. The summed E-state index contributed by atoms with van der Waals surface area (Å²) in [5, 5.41) is 0.447. The van der Waals surface area contributed by atoms with E-state index in [-0.39, 0.29) is 24.2 Å². The Morgan fingerprint density at radius 2 is 2.17 bits per heavy atom. The van der Waals surface area contributed by atoms with Gasteiger partial charge in [-0.2, -0.15) is 0 Å². The van der Waals surface area contributed by atoms with Crippen LogP contribution in [0, 0.1) is 18.2 Å². The summed E-state index contributed by atoms with van der Waals surface area (Å²) in [6, 6.07) is 8.48. The maximum atomic E-state index is 13.4. The molecule has 6 heteroatoms. The van der Waals surface area contributed by atoms with E-state index in [0.29, 0.717) is 11.1 Å². The largest absolute Gasteiger partial charge is 0.467 e. The van der Waals surface area contributed by atoms with Crippen LogP contribution in [0.4, 0.5) is 4.39 Å². The molecule has 0 aliphatic carbocycles. The molecule has 5 nitrogen and oxygen atoms in total. The third-order valence-electron chi connectivity index (χ3n) is 3.53. The van der Waals surface area contributed by atoms with E-state index in [1.165, 1.54) is 35.4 Å². The van der Waals surface area contributed by atoms with Gasteiger partial charge in [-0.15, -0.1) is 6.42 Å². The first-order valence-electron chi connectivity index (χ1n) is 7.16. The van der Waals surface area contributed by atoms with Crippen LogP contribution < -0.4 is 5.56 Å². The minimum atomic E-state index is -0.501. The van der Waals surface area contributed by atoms with Gasteiger partial charge in [-0.1, -0.05) is 5.92 Å². The first-order valence-corrected chi connectivity index (χ1v) is 7.16. The lowest BCUT2D eigenvalue weighted by molar-refractivity contribution is 0.0757. The van der Waals surface area contributed by atoms with Crippen LogP contribution in [0.3, 0.4) is 0 Å². The number of fused-ring (bicyclic) bond motifs is 1. The van der Waals surface area contributed by atoms with E-state index in [1.54, 1.807) is 12.1 Å². The average molecular weight is 324 g/mol. The zero-order valence-corrected chi connectivity index (χ0v) is 12.6. The Morgan fingerprint density at radius 3 is 2.88 bits per heavy atom. The predicted molar refractivity (Wildman–Crippen MR) is 86.8 cm³/mol. The van der Waals surface area contributed by atoms with Crippen molar-refractivity contribution in [2.45, 2.75) is 6.54 Å². The second-order valence-corrected chi connectivity index (χ2v) is 5.18. The second-order valence-electron chi connectivity index (χ2n) is 5.18. The van der Waals surface area contributed by atoms with Gasteiger partial charge in [0.25, 0.3) is 5.91 Å². The van der Waals surface area contributed by atoms with Crippen LogP contribution in [0.1, 0.15) is 16.1 Å². The number of carbonyl (C=O) groups is 1. The molecule has 1 aromatic carbocycles. The van der Waals surface area contributed by atoms with Crippen molar-refractivity contribution in [3.8, 4) is 12.3 Å². The highest BCUT2D eigenvalue weighted by Gasteiger charge is 2.20. The van der Waals surface area contributed by atoms with Gasteiger partial charge in [-0.05, 0) is 30.3 Å². The van der Waals surface area contributed by atoms with E-state index >= 15 is 0 Å². The van der Waals surface area contributed by atoms with Gasteiger partial charge in [-0.3, -0.25) is 9.59 Å². The summed E-state index contributed by atoms with van der Waals surface area (Å²) in [5.41, 5.74) is -0.0739. The monoisotopic (exact) mass is 324 g/mol. The molecule has 0 atom stereocenters. The molecule has 0 saturated carbocycles. The minimum Gasteiger partial charge on any atom is -0.467 e.